The largest absolute Gasteiger partial charge is 0.416 e. The molecule has 0 amide bonds. The minimum absolute atomic E-state index is 0.0344. The number of benzene rings is 1. The molecule has 0 unspecified atom stereocenters. The Morgan fingerprint density at radius 1 is 1.07 bits per heavy atom. The van der Waals surface area contributed by atoms with Crippen LogP contribution in [-0.2, 0) is 11.3 Å². The highest BCUT2D eigenvalue weighted by Crippen LogP contribution is 2.33. The summed E-state index contributed by atoms with van der Waals surface area (Å²) in [6.07, 6.45) is -4.35. The van der Waals surface area contributed by atoms with Gasteiger partial charge in [-0.15, -0.1) is 0 Å². The van der Waals surface area contributed by atoms with Gasteiger partial charge < -0.3 is 4.74 Å². The van der Waals surface area contributed by atoms with Crippen molar-refractivity contribution < 1.29 is 17.9 Å². The van der Waals surface area contributed by atoms with E-state index in [1.54, 1.807) is 30.3 Å². The van der Waals surface area contributed by atoms with Gasteiger partial charge in [0.25, 0.3) is 0 Å². The van der Waals surface area contributed by atoms with Crippen LogP contribution in [0.3, 0.4) is 0 Å². The van der Waals surface area contributed by atoms with Gasteiger partial charge in [-0.05, 0) is 19.4 Å². The van der Waals surface area contributed by atoms with E-state index in [4.69, 9.17) is 4.74 Å². The van der Waals surface area contributed by atoms with Gasteiger partial charge in [-0.3, -0.25) is 0 Å². The summed E-state index contributed by atoms with van der Waals surface area (Å²) in [6.45, 7) is 2.01. The summed E-state index contributed by atoms with van der Waals surface area (Å²) in [6, 6.07) is 8.79. The molecule has 0 saturated heterocycles. The number of hydrogen-bond donors (Lipinski definition) is 0. The van der Waals surface area contributed by atoms with Gasteiger partial charge in [-0.2, -0.15) is 13.2 Å². The van der Waals surface area contributed by atoms with E-state index in [1.165, 1.54) is 0 Å². The molecule has 0 saturated carbocycles. The average molecular weight is 218 g/mol. The first-order valence-electron chi connectivity index (χ1n) is 4.57. The summed E-state index contributed by atoms with van der Waals surface area (Å²) in [5, 5.41) is 0. The number of ether oxygens (including phenoxy) is 1. The third kappa shape index (κ3) is 3.23. The molecule has 0 aliphatic rings. The van der Waals surface area contributed by atoms with E-state index >= 15 is 0 Å². The Balaban J connectivity index is 2.58. The molecule has 0 aliphatic carbocycles. The summed E-state index contributed by atoms with van der Waals surface area (Å²) in [4.78, 5) is 0. The fraction of sp³-hybridized carbons (Fsp3) is 0.455. The molecule has 1 aromatic carbocycles. The van der Waals surface area contributed by atoms with E-state index in [9.17, 15) is 13.2 Å². The topological polar surface area (TPSA) is 9.23 Å². The highest BCUT2D eigenvalue weighted by molar-refractivity contribution is 5.13. The molecule has 0 fully saturated rings. The SMILES string of the molecule is CC(C)(OCc1ccccc1)C(F)(F)F. The normalized spacial score (nSPS) is 12.9. The van der Waals surface area contributed by atoms with E-state index in [2.05, 4.69) is 0 Å². The van der Waals surface area contributed by atoms with E-state index in [1.807, 2.05) is 0 Å². The van der Waals surface area contributed by atoms with E-state index in [0.717, 1.165) is 19.4 Å². The first kappa shape index (κ1) is 12.0. The van der Waals surface area contributed by atoms with Crippen molar-refractivity contribution in [3.05, 3.63) is 35.9 Å². The van der Waals surface area contributed by atoms with Crippen molar-refractivity contribution in [1.29, 1.82) is 0 Å². The summed E-state index contributed by atoms with van der Waals surface area (Å²) in [7, 11) is 0. The van der Waals surface area contributed by atoms with Gasteiger partial charge in [-0.25, -0.2) is 0 Å². The van der Waals surface area contributed by atoms with Crippen LogP contribution in [-0.4, -0.2) is 11.8 Å². The van der Waals surface area contributed by atoms with E-state index < -0.39 is 11.8 Å². The standard InChI is InChI=1S/C11H13F3O/c1-10(2,11(12,13)14)15-8-9-6-4-3-5-7-9/h3-7H,8H2,1-2H3. The first-order valence-corrected chi connectivity index (χ1v) is 4.57. The molecule has 0 radical (unpaired) electrons. The summed E-state index contributed by atoms with van der Waals surface area (Å²) >= 11 is 0. The number of halogens is 3. The lowest BCUT2D eigenvalue weighted by molar-refractivity contribution is -0.267. The Labute approximate surface area is 86.9 Å². The van der Waals surface area contributed by atoms with Crippen LogP contribution in [0.4, 0.5) is 13.2 Å². The van der Waals surface area contributed by atoms with Gasteiger partial charge in [0.05, 0.1) is 6.61 Å². The maximum absolute atomic E-state index is 12.4. The third-order valence-corrected chi connectivity index (χ3v) is 2.13. The van der Waals surface area contributed by atoms with Crippen LogP contribution < -0.4 is 0 Å². The van der Waals surface area contributed by atoms with Crippen LogP contribution in [0, 0.1) is 0 Å². The maximum Gasteiger partial charge on any atom is 0.416 e. The van der Waals surface area contributed by atoms with Gasteiger partial charge in [0.2, 0.25) is 0 Å². The Kier molecular flexibility index (Phi) is 3.39. The lowest BCUT2D eigenvalue weighted by Crippen LogP contribution is -2.41. The lowest BCUT2D eigenvalue weighted by Gasteiger charge is -2.27. The first-order chi connectivity index (χ1) is 6.83. The lowest BCUT2D eigenvalue weighted by atomic mass is 10.1. The molecule has 0 aliphatic heterocycles. The van der Waals surface area contributed by atoms with Crippen LogP contribution >= 0.6 is 0 Å². The highest BCUT2D eigenvalue weighted by Gasteiger charge is 2.48. The molecule has 15 heavy (non-hydrogen) atoms. The zero-order chi connectivity index (χ0) is 11.5. The van der Waals surface area contributed by atoms with Crippen molar-refractivity contribution in [2.75, 3.05) is 0 Å². The fourth-order valence-corrected chi connectivity index (χ4v) is 0.920. The molecule has 0 spiro atoms. The summed E-state index contributed by atoms with van der Waals surface area (Å²) in [5.41, 5.74) is -1.38. The van der Waals surface area contributed by atoms with Crippen LogP contribution in [0.2, 0.25) is 0 Å². The molecule has 0 aromatic heterocycles. The Bertz CT molecular complexity index is 303. The van der Waals surface area contributed by atoms with E-state index in [-0.39, 0.29) is 6.61 Å². The molecular formula is C11H13F3O. The van der Waals surface area contributed by atoms with Crippen molar-refractivity contribution in [3.63, 3.8) is 0 Å². The second-order valence-corrected chi connectivity index (χ2v) is 3.78. The monoisotopic (exact) mass is 218 g/mol. The molecule has 0 N–H and O–H groups in total. The molecule has 1 rings (SSSR count). The van der Waals surface area contributed by atoms with Crippen molar-refractivity contribution in [1.82, 2.24) is 0 Å². The van der Waals surface area contributed by atoms with Crippen LogP contribution in [0.1, 0.15) is 19.4 Å². The van der Waals surface area contributed by atoms with E-state index in [0.29, 0.717) is 0 Å². The minimum atomic E-state index is -4.35. The molecule has 1 nitrogen and oxygen atoms in total. The van der Waals surface area contributed by atoms with Gasteiger partial charge >= 0.3 is 6.18 Å². The number of rotatable bonds is 3. The predicted octanol–water partition coefficient (Wildman–Crippen LogP) is 3.54. The van der Waals surface area contributed by atoms with Gasteiger partial charge in [0.15, 0.2) is 5.60 Å². The molecular weight excluding hydrogens is 205 g/mol. The number of hydrogen-bond acceptors (Lipinski definition) is 1. The summed E-state index contributed by atoms with van der Waals surface area (Å²) in [5.74, 6) is 0. The zero-order valence-corrected chi connectivity index (χ0v) is 8.64. The van der Waals surface area contributed by atoms with Crippen molar-refractivity contribution in [2.45, 2.75) is 32.2 Å². The van der Waals surface area contributed by atoms with Crippen LogP contribution in [0.5, 0.6) is 0 Å². The highest BCUT2D eigenvalue weighted by atomic mass is 19.4. The predicted molar refractivity (Wildman–Crippen MR) is 51.4 cm³/mol. The van der Waals surface area contributed by atoms with Gasteiger partial charge in [0, 0.05) is 0 Å². The molecule has 0 heterocycles. The van der Waals surface area contributed by atoms with Gasteiger partial charge in [0.1, 0.15) is 0 Å². The third-order valence-electron chi connectivity index (χ3n) is 2.13. The molecule has 0 bridgehead atoms. The van der Waals surface area contributed by atoms with Crippen molar-refractivity contribution in [3.8, 4) is 0 Å². The number of alkyl halides is 3. The zero-order valence-electron chi connectivity index (χ0n) is 8.64. The Hall–Kier alpha value is -1.03. The fourth-order valence-electron chi connectivity index (χ4n) is 0.920. The second-order valence-electron chi connectivity index (χ2n) is 3.78. The maximum atomic E-state index is 12.4. The van der Waals surface area contributed by atoms with Crippen LogP contribution in [0.15, 0.2) is 30.3 Å². The summed E-state index contributed by atoms with van der Waals surface area (Å²) < 4.78 is 42.1. The quantitative estimate of drug-likeness (QED) is 0.753. The molecule has 84 valence electrons. The molecule has 1 aromatic rings. The smallest absolute Gasteiger partial charge is 0.361 e. The van der Waals surface area contributed by atoms with Gasteiger partial charge in [-0.1, -0.05) is 30.3 Å². The minimum Gasteiger partial charge on any atom is -0.361 e. The van der Waals surface area contributed by atoms with Crippen molar-refractivity contribution in [2.24, 2.45) is 0 Å². The Morgan fingerprint density at radius 3 is 2.07 bits per heavy atom. The second kappa shape index (κ2) is 4.23. The van der Waals surface area contributed by atoms with Crippen LogP contribution in [0.25, 0.3) is 0 Å². The molecule has 4 heteroatoms. The van der Waals surface area contributed by atoms with Crippen molar-refractivity contribution >= 4 is 0 Å². The average Bonchev–Trinajstić information content (AvgIpc) is 2.15. The molecule has 0 atom stereocenters. The Morgan fingerprint density at radius 2 is 1.60 bits per heavy atom.